The first-order valence-electron chi connectivity index (χ1n) is 3.19. The van der Waals surface area contributed by atoms with Crippen molar-refractivity contribution in [3.63, 3.8) is 0 Å². The van der Waals surface area contributed by atoms with E-state index in [1.807, 2.05) is 18.2 Å². The van der Waals surface area contributed by atoms with Crippen LogP contribution in [-0.4, -0.2) is 10.1 Å². The number of nitrogens with one attached hydrogen (secondary N) is 1. The van der Waals surface area contributed by atoms with Crippen LogP contribution >= 0.6 is 15.9 Å². The second-order valence-corrected chi connectivity index (χ2v) is 4.64. The number of fused-ring (bicyclic) bond motifs is 1. The first-order valence-corrected chi connectivity index (χ1v) is 5.30. The van der Waals surface area contributed by atoms with E-state index in [0.29, 0.717) is 5.88 Å². The molecule has 0 saturated heterocycles. The van der Waals surface area contributed by atoms with Crippen molar-refractivity contribution in [3.05, 3.63) is 22.7 Å². The number of hydrogen-bond donors (Lipinski definition) is 1. The zero-order valence-electron chi connectivity index (χ0n) is 5.63. The van der Waals surface area contributed by atoms with Crippen molar-refractivity contribution >= 4 is 32.4 Å². The molecule has 1 aliphatic rings. The van der Waals surface area contributed by atoms with Gasteiger partial charge in [-0.25, -0.2) is 0 Å². The van der Waals surface area contributed by atoms with Gasteiger partial charge in [-0.05, 0) is 18.2 Å². The highest BCUT2D eigenvalue weighted by molar-refractivity contribution is 9.10. The minimum Gasteiger partial charge on any atom is -0.372 e. The molecule has 0 amide bonds. The summed E-state index contributed by atoms with van der Waals surface area (Å²) < 4.78 is 12.2. The number of rotatable bonds is 0. The van der Waals surface area contributed by atoms with E-state index in [4.69, 9.17) is 0 Å². The van der Waals surface area contributed by atoms with E-state index in [1.54, 1.807) is 0 Å². The molecule has 0 bridgehead atoms. The maximum Gasteiger partial charge on any atom is 0.0959 e. The molecule has 1 unspecified atom stereocenters. The fourth-order valence-corrected chi connectivity index (χ4v) is 2.65. The molecule has 1 aromatic carbocycles. The second kappa shape index (κ2) is 2.60. The van der Waals surface area contributed by atoms with Gasteiger partial charge in [-0.3, -0.25) is 4.21 Å². The Hall–Kier alpha value is -0.350. The van der Waals surface area contributed by atoms with Gasteiger partial charge in [-0.2, -0.15) is 0 Å². The molecule has 1 aliphatic heterocycles. The fourth-order valence-electron chi connectivity index (χ4n) is 1.05. The van der Waals surface area contributed by atoms with Crippen LogP contribution in [0.5, 0.6) is 0 Å². The van der Waals surface area contributed by atoms with E-state index in [2.05, 4.69) is 21.2 Å². The SMILES string of the molecule is O=S1CNc2ccc(Br)cc21. The molecule has 1 N–H and O–H groups in total. The molecule has 4 heteroatoms. The van der Waals surface area contributed by atoms with Gasteiger partial charge in [0.25, 0.3) is 0 Å². The molecule has 0 saturated carbocycles. The molecular weight excluding hydrogens is 226 g/mol. The van der Waals surface area contributed by atoms with Gasteiger partial charge in [-0.15, -0.1) is 0 Å². The van der Waals surface area contributed by atoms with Gasteiger partial charge in [0, 0.05) is 4.47 Å². The van der Waals surface area contributed by atoms with Crippen molar-refractivity contribution in [1.29, 1.82) is 0 Å². The highest BCUT2D eigenvalue weighted by Crippen LogP contribution is 2.28. The summed E-state index contributed by atoms with van der Waals surface area (Å²) in [6.45, 7) is 0. The lowest BCUT2D eigenvalue weighted by atomic mass is 10.3. The van der Waals surface area contributed by atoms with Gasteiger partial charge in [0.2, 0.25) is 0 Å². The van der Waals surface area contributed by atoms with Crippen molar-refractivity contribution in [3.8, 4) is 0 Å². The third-order valence-electron chi connectivity index (χ3n) is 1.58. The zero-order chi connectivity index (χ0) is 7.84. The smallest absolute Gasteiger partial charge is 0.0959 e. The molecule has 1 atom stereocenters. The third-order valence-corrected chi connectivity index (χ3v) is 3.31. The van der Waals surface area contributed by atoms with Crippen molar-refractivity contribution in [2.24, 2.45) is 0 Å². The van der Waals surface area contributed by atoms with Crippen LogP contribution in [0.2, 0.25) is 0 Å². The molecule has 2 rings (SSSR count). The molecule has 0 spiro atoms. The number of hydrogen-bond acceptors (Lipinski definition) is 2. The van der Waals surface area contributed by atoms with Crippen molar-refractivity contribution < 1.29 is 4.21 Å². The van der Waals surface area contributed by atoms with E-state index < -0.39 is 10.8 Å². The molecule has 0 radical (unpaired) electrons. The Labute approximate surface area is 75.6 Å². The molecule has 2 nitrogen and oxygen atoms in total. The van der Waals surface area contributed by atoms with Gasteiger partial charge in [-0.1, -0.05) is 15.9 Å². The normalized spacial score (nSPS) is 21.0. The first kappa shape index (κ1) is 7.31. The van der Waals surface area contributed by atoms with E-state index in [0.717, 1.165) is 15.1 Å². The van der Waals surface area contributed by atoms with Gasteiger partial charge < -0.3 is 5.32 Å². The number of halogens is 1. The van der Waals surface area contributed by atoms with Crippen LogP contribution in [0.1, 0.15) is 0 Å². The Bertz CT molecular complexity index is 326. The first-order chi connectivity index (χ1) is 5.27. The molecule has 0 fully saturated rings. The van der Waals surface area contributed by atoms with Crippen molar-refractivity contribution in [2.45, 2.75) is 4.90 Å². The van der Waals surface area contributed by atoms with E-state index in [9.17, 15) is 4.21 Å². The predicted octanol–water partition coefficient (Wildman–Crippen LogP) is 1.94. The summed E-state index contributed by atoms with van der Waals surface area (Å²) in [5.74, 6) is 0.547. The van der Waals surface area contributed by atoms with E-state index in [1.165, 1.54) is 0 Å². The second-order valence-electron chi connectivity index (χ2n) is 2.31. The third kappa shape index (κ3) is 1.20. The molecule has 1 aromatic rings. The summed E-state index contributed by atoms with van der Waals surface area (Å²) in [7, 11) is -0.849. The van der Waals surface area contributed by atoms with E-state index >= 15 is 0 Å². The number of benzene rings is 1. The topological polar surface area (TPSA) is 29.1 Å². The monoisotopic (exact) mass is 231 g/mol. The lowest BCUT2D eigenvalue weighted by molar-refractivity contribution is 0.686. The Balaban J connectivity index is 2.60. The van der Waals surface area contributed by atoms with Gasteiger partial charge in [0.05, 0.1) is 27.3 Å². The van der Waals surface area contributed by atoms with Crippen LogP contribution in [0.25, 0.3) is 0 Å². The molecule has 58 valence electrons. The summed E-state index contributed by atoms with van der Waals surface area (Å²) in [4.78, 5) is 0.902. The quantitative estimate of drug-likeness (QED) is 0.740. The molecule has 0 aromatic heterocycles. The van der Waals surface area contributed by atoms with Crippen molar-refractivity contribution in [1.82, 2.24) is 0 Å². The Morgan fingerprint density at radius 2 is 2.36 bits per heavy atom. The molecule has 1 heterocycles. The lowest BCUT2D eigenvalue weighted by Gasteiger charge is -1.96. The van der Waals surface area contributed by atoms with Crippen LogP contribution in [0.15, 0.2) is 27.6 Å². The fraction of sp³-hybridized carbons (Fsp3) is 0.143. The molecule has 11 heavy (non-hydrogen) atoms. The summed E-state index contributed by atoms with van der Waals surface area (Å²) in [5.41, 5.74) is 0.992. The lowest BCUT2D eigenvalue weighted by Crippen LogP contribution is -1.94. The van der Waals surface area contributed by atoms with E-state index in [-0.39, 0.29) is 0 Å². The standard InChI is InChI=1S/C7H6BrNOS/c8-5-1-2-6-7(3-5)11(10)4-9-6/h1-3,9H,4H2. The van der Waals surface area contributed by atoms with Crippen molar-refractivity contribution in [2.75, 3.05) is 11.2 Å². The van der Waals surface area contributed by atoms with Crippen LogP contribution < -0.4 is 5.32 Å². The molecule has 0 aliphatic carbocycles. The van der Waals surface area contributed by atoms with Crippen LogP contribution in [-0.2, 0) is 10.8 Å². The summed E-state index contributed by atoms with van der Waals surface area (Å²) in [5, 5.41) is 3.06. The summed E-state index contributed by atoms with van der Waals surface area (Å²) >= 11 is 3.33. The highest BCUT2D eigenvalue weighted by atomic mass is 79.9. The summed E-state index contributed by atoms with van der Waals surface area (Å²) in [6, 6.07) is 5.77. The Morgan fingerprint density at radius 1 is 1.55 bits per heavy atom. The maximum absolute atomic E-state index is 11.2. The summed E-state index contributed by atoms with van der Waals surface area (Å²) in [6.07, 6.45) is 0. The molecular formula is C7H6BrNOS. The van der Waals surface area contributed by atoms with Gasteiger partial charge in [0.1, 0.15) is 0 Å². The Morgan fingerprint density at radius 3 is 3.18 bits per heavy atom. The average Bonchev–Trinajstić information content (AvgIpc) is 2.33. The number of anilines is 1. The van der Waals surface area contributed by atoms with Crippen LogP contribution in [0.3, 0.4) is 0 Å². The average molecular weight is 232 g/mol. The van der Waals surface area contributed by atoms with Crippen LogP contribution in [0.4, 0.5) is 5.69 Å². The van der Waals surface area contributed by atoms with Gasteiger partial charge >= 0.3 is 0 Å². The highest BCUT2D eigenvalue weighted by Gasteiger charge is 2.16. The maximum atomic E-state index is 11.2. The largest absolute Gasteiger partial charge is 0.372 e. The minimum atomic E-state index is -0.849. The zero-order valence-corrected chi connectivity index (χ0v) is 8.04. The van der Waals surface area contributed by atoms with Crippen LogP contribution in [0, 0.1) is 0 Å². The predicted molar refractivity (Wildman–Crippen MR) is 49.0 cm³/mol. The van der Waals surface area contributed by atoms with Gasteiger partial charge in [0.15, 0.2) is 0 Å². The minimum absolute atomic E-state index is 0.547. The Kier molecular flexibility index (Phi) is 1.73.